The van der Waals surface area contributed by atoms with Gasteiger partial charge in [-0.25, -0.2) is 9.38 Å². The topological polar surface area (TPSA) is 79.8 Å². The summed E-state index contributed by atoms with van der Waals surface area (Å²) < 4.78 is 19.0. The summed E-state index contributed by atoms with van der Waals surface area (Å²) in [5.74, 6) is -0.209. The van der Waals surface area contributed by atoms with Gasteiger partial charge in [0.05, 0.1) is 12.3 Å². The van der Waals surface area contributed by atoms with Crippen molar-refractivity contribution in [2.45, 2.75) is 25.5 Å². The standard InChI is InChI=1S/C20H20FN3O3S/c1-3-27-15-8-6-13(7-9-15)22-18(25)11-17-19(26)24-20(28-17)23-14-5-4-12(2)16(21)10-14/h4-10,17H,3,11H2,1-2H3,(H,22,25)(H,23,24,26)/t17-/m1/s1. The summed E-state index contributed by atoms with van der Waals surface area (Å²) >= 11 is 1.16. The van der Waals surface area contributed by atoms with Crippen LogP contribution in [0.4, 0.5) is 15.8 Å². The zero-order valence-corrected chi connectivity index (χ0v) is 16.3. The van der Waals surface area contributed by atoms with E-state index in [-0.39, 0.29) is 24.1 Å². The number of thioether (sulfide) groups is 1. The van der Waals surface area contributed by atoms with Crippen LogP contribution < -0.4 is 15.4 Å². The van der Waals surface area contributed by atoms with Crippen LogP contribution in [0.5, 0.6) is 5.75 Å². The summed E-state index contributed by atoms with van der Waals surface area (Å²) in [5.41, 5.74) is 1.56. The van der Waals surface area contributed by atoms with Crippen LogP contribution in [0.15, 0.2) is 47.5 Å². The Labute approximate surface area is 166 Å². The minimum absolute atomic E-state index is 0.00495. The molecule has 146 valence electrons. The van der Waals surface area contributed by atoms with E-state index < -0.39 is 5.25 Å². The lowest BCUT2D eigenvalue weighted by Gasteiger charge is -2.08. The fourth-order valence-corrected chi connectivity index (χ4v) is 3.53. The number of carbonyl (C=O) groups is 2. The predicted octanol–water partition coefficient (Wildman–Crippen LogP) is 3.78. The molecular weight excluding hydrogens is 381 g/mol. The van der Waals surface area contributed by atoms with Gasteiger partial charge in [0, 0.05) is 12.1 Å². The molecule has 0 unspecified atom stereocenters. The molecule has 8 heteroatoms. The van der Waals surface area contributed by atoms with Crippen molar-refractivity contribution in [3.63, 3.8) is 0 Å². The second-order valence-electron chi connectivity index (χ2n) is 6.16. The molecule has 1 aliphatic rings. The molecule has 28 heavy (non-hydrogen) atoms. The first kappa shape index (κ1) is 19.9. The zero-order valence-electron chi connectivity index (χ0n) is 15.5. The third-order valence-corrected chi connectivity index (χ3v) is 5.06. The van der Waals surface area contributed by atoms with Crippen molar-refractivity contribution in [2.24, 2.45) is 4.99 Å². The van der Waals surface area contributed by atoms with Crippen LogP contribution in [0.1, 0.15) is 18.9 Å². The molecule has 6 nitrogen and oxygen atoms in total. The van der Waals surface area contributed by atoms with Crippen LogP contribution in [0.3, 0.4) is 0 Å². The van der Waals surface area contributed by atoms with E-state index in [0.717, 1.165) is 17.5 Å². The van der Waals surface area contributed by atoms with Crippen molar-refractivity contribution in [2.75, 3.05) is 11.9 Å². The SMILES string of the molecule is CCOc1ccc(NC(=O)C[C@H]2SC(=Nc3ccc(C)c(F)c3)NC2=O)cc1. The summed E-state index contributed by atoms with van der Waals surface area (Å²) in [5, 5.41) is 5.16. The van der Waals surface area contributed by atoms with Crippen molar-refractivity contribution in [1.82, 2.24) is 5.32 Å². The Morgan fingerprint density at radius 3 is 2.71 bits per heavy atom. The number of hydrogen-bond acceptors (Lipinski definition) is 5. The fraction of sp³-hybridized carbons (Fsp3) is 0.250. The lowest BCUT2D eigenvalue weighted by Crippen LogP contribution is -2.28. The number of ether oxygens (including phenoxy) is 1. The molecular formula is C20H20FN3O3S. The molecule has 0 bridgehead atoms. The lowest BCUT2D eigenvalue weighted by atomic mass is 10.2. The Bertz CT molecular complexity index is 915. The second kappa shape index (κ2) is 8.88. The van der Waals surface area contributed by atoms with E-state index >= 15 is 0 Å². The van der Waals surface area contributed by atoms with Crippen LogP contribution in [0.2, 0.25) is 0 Å². The van der Waals surface area contributed by atoms with Gasteiger partial charge in [-0.2, -0.15) is 0 Å². The van der Waals surface area contributed by atoms with Crippen LogP contribution in [0, 0.1) is 12.7 Å². The van der Waals surface area contributed by atoms with Gasteiger partial charge in [0.2, 0.25) is 11.8 Å². The average Bonchev–Trinajstić information content (AvgIpc) is 2.99. The number of aryl methyl sites for hydroxylation is 1. The molecule has 2 aromatic carbocycles. The molecule has 3 rings (SSSR count). The summed E-state index contributed by atoms with van der Waals surface area (Å²) in [4.78, 5) is 28.6. The predicted molar refractivity (Wildman–Crippen MR) is 109 cm³/mol. The lowest BCUT2D eigenvalue weighted by molar-refractivity contribution is -0.122. The zero-order chi connectivity index (χ0) is 20.1. The first-order chi connectivity index (χ1) is 13.4. The van der Waals surface area contributed by atoms with Crippen molar-refractivity contribution in [3.8, 4) is 5.75 Å². The number of halogens is 1. The summed E-state index contributed by atoms with van der Waals surface area (Å²) in [6.45, 7) is 4.13. The Morgan fingerprint density at radius 2 is 2.04 bits per heavy atom. The highest BCUT2D eigenvalue weighted by molar-refractivity contribution is 8.15. The monoisotopic (exact) mass is 401 g/mol. The molecule has 2 amide bonds. The van der Waals surface area contributed by atoms with E-state index in [9.17, 15) is 14.0 Å². The number of nitrogens with one attached hydrogen (secondary N) is 2. The normalized spacial score (nSPS) is 17.5. The molecule has 1 fully saturated rings. The molecule has 1 heterocycles. The molecule has 0 aromatic heterocycles. The number of hydrogen-bond donors (Lipinski definition) is 2. The number of amidine groups is 1. The molecule has 0 saturated carbocycles. The molecule has 0 aliphatic carbocycles. The molecule has 2 aromatic rings. The third-order valence-electron chi connectivity index (χ3n) is 3.98. The molecule has 2 N–H and O–H groups in total. The number of carbonyl (C=O) groups excluding carboxylic acids is 2. The van der Waals surface area contributed by atoms with E-state index in [1.807, 2.05) is 6.92 Å². The smallest absolute Gasteiger partial charge is 0.240 e. The van der Waals surface area contributed by atoms with Crippen molar-refractivity contribution >= 4 is 40.1 Å². The van der Waals surface area contributed by atoms with E-state index in [4.69, 9.17) is 4.74 Å². The van der Waals surface area contributed by atoms with Gasteiger partial charge in [0.1, 0.15) is 16.8 Å². The maximum Gasteiger partial charge on any atom is 0.240 e. The van der Waals surface area contributed by atoms with Crippen LogP contribution in [0.25, 0.3) is 0 Å². The van der Waals surface area contributed by atoms with E-state index in [1.54, 1.807) is 43.3 Å². The maximum atomic E-state index is 13.6. The first-order valence-electron chi connectivity index (χ1n) is 8.79. The second-order valence-corrected chi connectivity index (χ2v) is 7.35. The van der Waals surface area contributed by atoms with Crippen molar-refractivity contribution in [1.29, 1.82) is 0 Å². The number of anilines is 1. The molecule has 1 atom stereocenters. The Morgan fingerprint density at radius 1 is 1.29 bits per heavy atom. The van der Waals surface area contributed by atoms with Gasteiger partial charge < -0.3 is 15.4 Å². The third kappa shape index (κ3) is 5.10. The van der Waals surface area contributed by atoms with E-state index in [1.165, 1.54) is 6.07 Å². The molecule has 0 radical (unpaired) electrons. The van der Waals surface area contributed by atoms with Gasteiger partial charge in [-0.3, -0.25) is 9.59 Å². The van der Waals surface area contributed by atoms with Gasteiger partial charge in [-0.15, -0.1) is 0 Å². The quantitative estimate of drug-likeness (QED) is 0.772. The minimum Gasteiger partial charge on any atom is -0.494 e. The Balaban J connectivity index is 1.58. The first-order valence-corrected chi connectivity index (χ1v) is 9.67. The highest BCUT2D eigenvalue weighted by Gasteiger charge is 2.32. The summed E-state index contributed by atoms with van der Waals surface area (Å²) in [7, 11) is 0. The van der Waals surface area contributed by atoms with Crippen molar-refractivity contribution in [3.05, 3.63) is 53.8 Å². The number of nitrogens with zero attached hydrogens (tertiary/aromatic N) is 1. The van der Waals surface area contributed by atoms with Gasteiger partial charge in [-0.05, 0) is 55.8 Å². The van der Waals surface area contributed by atoms with Crippen LogP contribution in [-0.2, 0) is 9.59 Å². The van der Waals surface area contributed by atoms with E-state index in [0.29, 0.717) is 28.7 Å². The number of benzene rings is 2. The Kier molecular flexibility index (Phi) is 6.30. The molecule has 0 spiro atoms. The highest BCUT2D eigenvalue weighted by Crippen LogP contribution is 2.26. The Hall–Kier alpha value is -2.87. The fourth-order valence-electron chi connectivity index (χ4n) is 2.54. The number of amides is 2. The van der Waals surface area contributed by atoms with E-state index in [2.05, 4.69) is 15.6 Å². The van der Waals surface area contributed by atoms with Gasteiger partial charge in [0.25, 0.3) is 0 Å². The number of rotatable bonds is 6. The molecule has 1 aliphatic heterocycles. The highest BCUT2D eigenvalue weighted by atomic mass is 32.2. The van der Waals surface area contributed by atoms with Gasteiger partial charge in [-0.1, -0.05) is 17.8 Å². The van der Waals surface area contributed by atoms with Crippen LogP contribution in [-0.4, -0.2) is 28.8 Å². The van der Waals surface area contributed by atoms with Gasteiger partial charge >= 0.3 is 0 Å². The maximum absolute atomic E-state index is 13.6. The summed E-state index contributed by atoms with van der Waals surface area (Å²) in [6, 6.07) is 11.6. The van der Waals surface area contributed by atoms with Crippen LogP contribution >= 0.6 is 11.8 Å². The van der Waals surface area contributed by atoms with Crippen molar-refractivity contribution < 1.29 is 18.7 Å². The van der Waals surface area contributed by atoms with Gasteiger partial charge in [0.15, 0.2) is 5.17 Å². The average molecular weight is 401 g/mol. The molecule has 1 saturated heterocycles. The minimum atomic E-state index is -0.586. The largest absolute Gasteiger partial charge is 0.494 e. The number of aliphatic imine (C=N–C) groups is 1. The summed E-state index contributed by atoms with van der Waals surface area (Å²) in [6.07, 6.45) is 0.00495.